The fraction of sp³-hybridized carbons (Fsp3) is 0.923. The van der Waals surface area contributed by atoms with E-state index in [0.717, 1.165) is 19.3 Å². The molecular formula is C13H25NO4. The summed E-state index contributed by atoms with van der Waals surface area (Å²) in [4.78, 5) is 11.5. The van der Waals surface area contributed by atoms with Crippen molar-refractivity contribution in [3.8, 4) is 0 Å². The minimum Gasteiger partial charge on any atom is -0.480 e. The van der Waals surface area contributed by atoms with E-state index in [4.69, 9.17) is 9.47 Å². The van der Waals surface area contributed by atoms with Gasteiger partial charge in [0.2, 0.25) is 0 Å². The Hall–Kier alpha value is -0.650. The van der Waals surface area contributed by atoms with E-state index in [1.807, 2.05) is 6.92 Å². The Morgan fingerprint density at radius 2 is 2.11 bits per heavy atom. The highest BCUT2D eigenvalue weighted by Crippen LogP contribution is 2.27. The summed E-state index contributed by atoms with van der Waals surface area (Å²) >= 11 is 0. The number of nitrogens with one attached hydrogen (secondary N) is 1. The van der Waals surface area contributed by atoms with Gasteiger partial charge in [0, 0.05) is 19.8 Å². The summed E-state index contributed by atoms with van der Waals surface area (Å²) in [6.07, 6.45) is 4.17. The lowest BCUT2D eigenvalue weighted by Crippen LogP contribution is -2.52. The quantitative estimate of drug-likeness (QED) is 0.549. The molecule has 0 radical (unpaired) electrons. The van der Waals surface area contributed by atoms with E-state index in [1.54, 1.807) is 7.11 Å². The number of methoxy groups -OCH3 is 1. The minimum atomic E-state index is -0.772. The van der Waals surface area contributed by atoms with Crippen LogP contribution in [0.3, 0.4) is 0 Å². The van der Waals surface area contributed by atoms with Gasteiger partial charge >= 0.3 is 5.97 Å². The van der Waals surface area contributed by atoms with Crippen molar-refractivity contribution < 1.29 is 19.4 Å². The molecule has 5 nitrogen and oxygen atoms in total. The van der Waals surface area contributed by atoms with Gasteiger partial charge in [0.1, 0.15) is 5.54 Å². The molecule has 1 saturated carbocycles. The average molecular weight is 259 g/mol. The molecule has 0 bridgehead atoms. The molecule has 1 atom stereocenters. The Bertz CT molecular complexity index is 255. The third-order valence-corrected chi connectivity index (χ3v) is 3.39. The molecular weight excluding hydrogens is 234 g/mol. The van der Waals surface area contributed by atoms with Crippen LogP contribution in [-0.2, 0) is 14.3 Å². The van der Waals surface area contributed by atoms with Crippen molar-refractivity contribution in [1.82, 2.24) is 5.32 Å². The van der Waals surface area contributed by atoms with E-state index in [2.05, 4.69) is 5.32 Å². The molecule has 1 rings (SSSR count). The molecule has 0 aromatic heterocycles. The van der Waals surface area contributed by atoms with Gasteiger partial charge in [-0.1, -0.05) is 6.92 Å². The van der Waals surface area contributed by atoms with E-state index in [1.165, 1.54) is 0 Å². The molecule has 18 heavy (non-hydrogen) atoms. The highest BCUT2D eigenvalue weighted by Gasteiger charge is 2.40. The fourth-order valence-corrected chi connectivity index (χ4v) is 2.01. The van der Waals surface area contributed by atoms with Crippen LogP contribution < -0.4 is 5.32 Å². The van der Waals surface area contributed by atoms with Crippen molar-refractivity contribution in [2.45, 2.75) is 50.6 Å². The van der Waals surface area contributed by atoms with Gasteiger partial charge in [0.25, 0.3) is 0 Å². The minimum absolute atomic E-state index is 0.399. The van der Waals surface area contributed by atoms with Crippen LogP contribution in [0.15, 0.2) is 0 Å². The zero-order valence-corrected chi connectivity index (χ0v) is 11.4. The molecule has 2 N–H and O–H groups in total. The van der Waals surface area contributed by atoms with E-state index in [-0.39, 0.29) is 0 Å². The molecule has 0 aliphatic heterocycles. The number of ether oxygens (including phenoxy) is 2. The van der Waals surface area contributed by atoms with E-state index < -0.39 is 11.5 Å². The van der Waals surface area contributed by atoms with Crippen molar-refractivity contribution in [2.75, 3.05) is 26.9 Å². The lowest BCUT2D eigenvalue weighted by Gasteiger charge is -2.29. The largest absolute Gasteiger partial charge is 0.480 e. The molecule has 0 heterocycles. The van der Waals surface area contributed by atoms with Crippen molar-refractivity contribution in [3.05, 3.63) is 0 Å². The van der Waals surface area contributed by atoms with E-state index >= 15 is 0 Å². The Balaban J connectivity index is 2.29. The number of aliphatic carboxylic acids is 1. The van der Waals surface area contributed by atoms with E-state index in [9.17, 15) is 9.90 Å². The predicted molar refractivity (Wildman–Crippen MR) is 68.7 cm³/mol. The van der Waals surface area contributed by atoms with Crippen molar-refractivity contribution in [3.63, 3.8) is 0 Å². The van der Waals surface area contributed by atoms with E-state index in [0.29, 0.717) is 38.7 Å². The van der Waals surface area contributed by atoms with Crippen LogP contribution in [-0.4, -0.2) is 49.6 Å². The first-order valence-corrected chi connectivity index (χ1v) is 6.72. The lowest BCUT2D eigenvalue weighted by atomic mass is 9.90. The van der Waals surface area contributed by atoms with Gasteiger partial charge in [0.15, 0.2) is 0 Å². The van der Waals surface area contributed by atoms with Gasteiger partial charge in [-0.05, 0) is 32.1 Å². The number of rotatable bonds is 11. The molecule has 0 amide bonds. The summed E-state index contributed by atoms with van der Waals surface area (Å²) < 4.78 is 10.2. The smallest absolute Gasteiger partial charge is 0.323 e. The monoisotopic (exact) mass is 259 g/mol. The average Bonchev–Trinajstić information content (AvgIpc) is 3.15. The second-order valence-electron chi connectivity index (χ2n) is 4.87. The summed E-state index contributed by atoms with van der Waals surface area (Å²) in [6.45, 7) is 3.66. The van der Waals surface area contributed by atoms with Crippen LogP contribution in [0, 0.1) is 0 Å². The maximum Gasteiger partial charge on any atom is 0.323 e. The summed E-state index contributed by atoms with van der Waals surface area (Å²) in [5, 5.41) is 12.7. The summed E-state index contributed by atoms with van der Waals surface area (Å²) in [5.41, 5.74) is -0.772. The normalized spacial score (nSPS) is 18.6. The lowest BCUT2D eigenvalue weighted by molar-refractivity contribution is -0.145. The first kappa shape index (κ1) is 15.4. The van der Waals surface area contributed by atoms with Crippen LogP contribution in [0.5, 0.6) is 0 Å². The molecule has 106 valence electrons. The molecule has 1 aliphatic carbocycles. The molecule has 5 heteroatoms. The van der Waals surface area contributed by atoms with Crippen molar-refractivity contribution in [1.29, 1.82) is 0 Å². The van der Waals surface area contributed by atoms with Gasteiger partial charge in [-0.2, -0.15) is 0 Å². The molecule has 1 unspecified atom stereocenters. The SMILES string of the molecule is CCC(CCCOCCOC)(NC1CC1)C(=O)O. The summed E-state index contributed by atoms with van der Waals surface area (Å²) in [7, 11) is 1.63. The molecule has 0 saturated heterocycles. The van der Waals surface area contributed by atoms with Gasteiger partial charge in [-0.25, -0.2) is 0 Å². The van der Waals surface area contributed by atoms with Crippen LogP contribution in [0.1, 0.15) is 39.0 Å². The highest BCUT2D eigenvalue weighted by molar-refractivity contribution is 5.78. The van der Waals surface area contributed by atoms with Gasteiger partial charge in [-0.15, -0.1) is 0 Å². The zero-order valence-electron chi connectivity index (χ0n) is 11.4. The fourth-order valence-electron chi connectivity index (χ4n) is 2.01. The van der Waals surface area contributed by atoms with Crippen LogP contribution in [0.2, 0.25) is 0 Å². The van der Waals surface area contributed by atoms with Crippen LogP contribution in [0.4, 0.5) is 0 Å². The molecule has 0 aromatic rings. The van der Waals surface area contributed by atoms with Crippen LogP contribution in [0.25, 0.3) is 0 Å². The van der Waals surface area contributed by atoms with Gasteiger partial charge in [0.05, 0.1) is 13.2 Å². The molecule has 1 fully saturated rings. The first-order chi connectivity index (χ1) is 8.64. The Kier molecular flexibility index (Phi) is 6.60. The van der Waals surface area contributed by atoms with Crippen molar-refractivity contribution >= 4 is 5.97 Å². The summed E-state index contributed by atoms with van der Waals surface area (Å²) in [5.74, 6) is -0.742. The van der Waals surface area contributed by atoms with Gasteiger partial charge < -0.3 is 14.6 Å². The topological polar surface area (TPSA) is 67.8 Å². The molecule has 1 aliphatic rings. The second kappa shape index (κ2) is 7.71. The number of carboxylic acid groups (broad SMARTS) is 1. The number of hydrogen-bond donors (Lipinski definition) is 2. The van der Waals surface area contributed by atoms with Gasteiger partial charge in [-0.3, -0.25) is 10.1 Å². The Labute approximate surface area is 109 Å². The Morgan fingerprint density at radius 3 is 2.61 bits per heavy atom. The molecule has 0 aromatic carbocycles. The highest BCUT2D eigenvalue weighted by atomic mass is 16.5. The number of hydrogen-bond acceptors (Lipinski definition) is 4. The third kappa shape index (κ3) is 4.92. The maximum absolute atomic E-state index is 11.5. The predicted octanol–water partition coefficient (Wildman–Crippen LogP) is 1.41. The maximum atomic E-state index is 11.5. The Morgan fingerprint density at radius 1 is 1.39 bits per heavy atom. The van der Waals surface area contributed by atoms with Crippen LogP contribution >= 0.6 is 0 Å². The second-order valence-corrected chi connectivity index (χ2v) is 4.87. The third-order valence-electron chi connectivity index (χ3n) is 3.39. The first-order valence-electron chi connectivity index (χ1n) is 6.72. The number of carboxylic acids is 1. The molecule has 0 spiro atoms. The standard InChI is InChI=1S/C13H25NO4/c1-3-13(12(15)16,14-11-5-6-11)7-4-8-18-10-9-17-2/h11,14H,3-10H2,1-2H3,(H,15,16). The summed E-state index contributed by atoms with van der Waals surface area (Å²) in [6, 6.07) is 0.399. The number of carbonyl (C=O) groups is 1. The zero-order chi connectivity index (χ0) is 13.4. The van der Waals surface area contributed by atoms with Crippen molar-refractivity contribution in [2.24, 2.45) is 0 Å².